The van der Waals surface area contributed by atoms with Crippen LogP contribution in [-0.2, 0) is 9.59 Å². The first-order valence-electron chi connectivity index (χ1n) is 17.0. The third kappa shape index (κ3) is 4.20. The van der Waals surface area contributed by atoms with E-state index in [9.17, 15) is 19.8 Å². The lowest BCUT2D eigenvalue weighted by molar-refractivity contribution is -0.242. The summed E-state index contributed by atoms with van der Waals surface area (Å²) in [5.74, 6) is 1.94. The lowest BCUT2D eigenvalue weighted by Crippen LogP contribution is -2.66. The van der Waals surface area contributed by atoms with E-state index in [1.165, 1.54) is 18.4 Å². The van der Waals surface area contributed by atoms with Crippen LogP contribution in [0.1, 0.15) is 111 Å². The number of benzene rings is 1. The summed E-state index contributed by atoms with van der Waals surface area (Å²) in [5.41, 5.74) is 1.90. The first kappa shape index (κ1) is 30.7. The molecule has 43 heavy (non-hydrogen) atoms. The van der Waals surface area contributed by atoms with E-state index in [4.69, 9.17) is 0 Å². The van der Waals surface area contributed by atoms with Crippen molar-refractivity contribution in [1.29, 1.82) is 0 Å². The number of aliphatic carboxylic acids is 1. The van der Waals surface area contributed by atoms with Gasteiger partial charge in [-0.05, 0) is 146 Å². The number of rotatable bonds is 5. The minimum absolute atomic E-state index is 0.0101. The molecule has 234 valence electrons. The number of carbonyl (C=O) groups excluding carboxylic acids is 1. The zero-order valence-corrected chi connectivity index (χ0v) is 27.4. The van der Waals surface area contributed by atoms with Crippen molar-refractivity contribution in [3.05, 3.63) is 48.1 Å². The zero-order chi connectivity index (χ0) is 31.2. The Morgan fingerprint density at radius 1 is 0.837 bits per heavy atom. The van der Waals surface area contributed by atoms with Gasteiger partial charge in [0.2, 0.25) is 0 Å². The van der Waals surface area contributed by atoms with E-state index in [1.54, 1.807) is 18.2 Å². The smallest absolute Gasteiger partial charge is 0.309 e. The molecule has 5 aliphatic rings. The summed E-state index contributed by atoms with van der Waals surface area (Å²) in [6.07, 6.45) is 13.9. The van der Waals surface area contributed by atoms with E-state index in [2.05, 4.69) is 48.1 Å². The number of fused-ring (bicyclic) bond motifs is 7. The predicted octanol–water partition coefficient (Wildman–Crippen LogP) is 9.33. The van der Waals surface area contributed by atoms with Crippen LogP contribution in [0, 0.1) is 62.6 Å². The van der Waals surface area contributed by atoms with E-state index in [1.807, 2.05) is 18.2 Å². The van der Waals surface area contributed by atoms with Gasteiger partial charge in [-0.25, -0.2) is 0 Å². The van der Waals surface area contributed by atoms with E-state index in [0.29, 0.717) is 23.7 Å². The van der Waals surface area contributed by atoms with Crippen LogP contribution in [0.2, 0.25) is 0 Å². The SMILES string of the molecule is C=C(C)[C@@H]1CC[C@]2(C(=O)O)CC[C@]3(C)[C@H](CC[C@@H]4[C@@]5(C)CC[C@H](C(=O)/C=C/c6ccc(O)cc6)C(C)(C)[C@@H]5CC[C@]43C)[C@@H]12. The maximum absolute atomic E-state index is 13.7. The van der Waals surface area contributed by atoms with Crippen LogP contribution in [0.15, 0.2) is 42.5 Å². The number of carbonyl (C=O) groups is 2. The quantitative estimate of drug-likeness (QED) is 0.266. The van der Waals surface area contributed by atoms with Crippen molar-refractivity contribution in [2.24, 2.45) is 62.6 Å². The highest BCUT2D eigenvalue weighted by molar-refractivity contribution is 5.96. The number of phenolic OH excluding ortho intramolecular Hbond substituents is 1. The van der Waals surface area contributed by atoms with Gasteiger partial charge in [0.05, 0.1) is 5.41 Å². The van der Waals surface area contributed by atoms with Gasteiger partial charge in [-0.1, -0.05) is 65.0 Å². The Kier molecular flexibility index (Phi) is 7.18. The molecule has 1 aromatic carbocycles. The van der Waals surface area contributed by atoms with Crippen LogP contribution < -0.4 is 0 Å². The highest BCUT2D eigenvalue weighted by Crippen LogP contribution is 2.77. The molecule has 10 atom stereocenters. The fraction of sp³-hybridized carbons (Fsp3) is 0.692. The molecule has 0 aromatic heterocycles. The van der Waals surface area contributed by atoms with E-state index < -0.39 is 11.4 Å². The third-order valence-corrected chi connectivity index (χ3v) is 15.2. The van der Waals surface area contributed by atoms with Gasteiger partial charge in [0.15, 0.2) is 5.78 Å². The molecule has 5 aliphatic carbocycles. The topological polar surface area (TPSA) is 74.6 Å². The highest BCUT2D eigenvalue weighted by Gasteiger charge is 2.72. The van der Waals surface area contributed by atoms with Gasteiger partial charge in [-0.3, -0.25) is 9.59 Å². The molecule has 4 nitrogen and oxygen atoms in total. The van der Waals surface area contributed by atoms with Gasteiger partial charge in [0.25, 0.3) is 0 Å². The van der Waals surface area contributed by atoms with E-state index in [0.717, 1.165) is 56.9 Å². The number of carboxylic acids is 1. The van der Waals surface area contributed by atoms with Crippen molar-refractivity contribution in [1.82, 2.24) is 0 Å². The zero-order valence-electron chi connectivity index (χ0n) is 27.4. The molecular formula is C39H54O4. The predicted molar refractivity (Wildman–Crippen MR) is 172 cm³/mol. The van der Waals surface area contributed by atoms with Gasteiger partial charge in [-0.2, -0.15) is 0 Å². The molecule has 0 saturated heterocycles. The van der Waals surface area contributed by atoms with E-state index in [-0.39, 0.29) is 45.0 Å². The summed E-state index contributed by atoms with van der Waals surface area (Å²) in [4.78, 5) is 26.6. The maximum Gasteiger partial charge on any atom is 0.309 e. The summed E-state index contributed by atoms with van der Waals surface area (Å²) in [6, 6.07) is 7.01. The van der Waals surface area contributed by atoms with Gasteiger partial charge in [0.1, 0.15) is 5.75 Å². The average Bonchev–Trinajstić information content (AvgIpc) is 3.34. The van der Waals surface area contributed by atoms with Gasteiger partial charge in [-0.15, -0.1) is 0 Å². The number of aromatic hydroxyl groups is 1. The molecule has 1 aromatic rings. The van der Waals surface area contributed by atoms with Crippen LogP contribution in [0.3, 0.4) is 0 Å². The molecule has 0 radical (unpaired) electrons. The summed E-state index contributed by atoms with van der Waals surface area (Å²) < 4.78 is 0. The van der Waals surface area contributed by atoms with Gasteiger partial charge in [0, 0.05) is 5.92 Å². The van der Waals surface area contributed by atoms with Gasteiger partial charge >= 0.3 is 5.97 Å². The molecule has 5 fully saturated rings. The second kappa shape index (κ2) is 10.1. The van der Waals surface area contributed by atoms with Crippen molar-refractivity contribution in [3.8, 4) is 5.75 Å². The fourth-order valence-electron chi connectivity index (χ4n) is 12.9. The van der Waals surface area contributed by atoms with E-state index >= 15 is 0 Å². The number of hydrogen-bond acceptors (Lipinski definition) is 3. The van der Waals surface area contributed by atoms with Crippen LogP contribution in [0.4, 0.5) is 0 Å². The average molecular weight is 587 g/mol. The normalized spacial score (nSPS) is 45.0. The molecule has 0 spiro atoms. The van der Waals surface area contributed by atoms with Crippen molar-refractivity contribution < 1.29 is 19.8 Å². The second-order valence-electron chi connectivity index (χ2n) is 16.9. The summed E-state index contributed by atoms with van der Waals surface area (Å²) in [6.45, 7) is 18.9. The Hall–Kier alpha value is -2.36. The lowest BCUT2D eigenvalue weighted by Gasteiger charge is -2.72. The molecule has 6 rings (SSSR count). The van der Waals surface area contributed by atoms with Crippen molar-refractivity contribution in [3.63, 3.8) is 0 Å². The van der Waals surface area contributed by atoms with Crippen LogP contribution >= 0.6 is 0 Å². The largest absolute Gasteiger partial charge is 0.508 e. The summed E-state index contributed by atoms with van der Waals surface area (Å²) in [5, 5.41) is 20.2. The van der Waals surface area contributed by atoms with Crippen LogP contribution in [0.25, 0.3) is 6.08 Å². The van der Waals surface area contributed by atoms with Crippen molar-refractivity contribution >= 4 is 17.8 Å². The van der Waals surface area contributed by atoms with Crippen molar-refractivity contribution in [2.75, 3.05) is 0 Å². The Labute approximate surface area is 259 Å². The Balaban J connectivity index is 1.28. The minimum atomic E-state index is -0.577. The molecule has 0 bridgehead atoms. The highest BCUT2D eigenvalue weighted by atomic mass is 16.4. The lowest BCUT2D eigenvalue weighted by atomic mass is 9.32. The first-order chi connectivity index (χ1) is 20.1. The molecule has 0 heterocycles. The second-order valence-corrected chi connectivity index (χ2v) is 16.9. The van der Waals surface area contributed by atoms with Crippen molar-refractivity contribution in [2.45, 2.75) is 106 Å². The molecular weight excluding hydrogens is 532 g/mol. The molecule has 4 heteroatoms. The summed E-state index contributed by atoms with van der Waals surface area (Å²) >= 11 is 0. The Bertz CT molecular complexity index is 1340. The molecule has 0 aliphatic heterocycles. The first-order valence-corrected chi connectivity index (χ1v) is 17.0. The molecule has 5 saturated carbocycles. The number of allylic oxidation sites excluding steroid dienone is 2. The number of ketones is 1. The standard InChI is InChI=1S/C39H54O4/c1-24(2)27-16-21-39(34(42)43)23-22-37(6)29(33(27)39)13-15-32-36(5)19-17-28(35(3,4)31(36)18-20-38(32,37)7)30(41)14-10-25-8-11-26(40)12-9-25/h8-12,14,27-29,31-33,40H,1,13,15-23H2,2-7H3,(H,42,43)/b14-10+/t27-,28+,29+,31-,32+,33+,36-,37+,38+,39-/m0/s1. The number of phenols is 1. The van der Waals surface area contributed by atoms with Crippen LogP contribution in [-0.4, -0.2) is 22.0 Å². The summed E-state index contributed by atoms with van der Waals surface area (Å²) in [7, 11) is 0. The number of hydrogen-bond donors (Lipinski definition) is 2. The van der Waals surface area contributed by atoms with Crippen LogP contribution in [0.5, 0.6) is 5.75 Å². The molecule has 2 N–H and O–H groups in total. The monoisotopic (exact) mass is 586 g/mol. The maximum atomic E-state index is 13.7. The third-order valence-electron chi connectivity index (χ3n) is 15.2. The fourth-order valence-corrected chi connectivity index (χ4v) is 12.9. The number of carboxylic acid groups (broad SMARTS) is 1. The van der Waals surface area contributed by atoms with Gasteiger partial charge < -0.3 is 10.2 Å². The minimum Gasteiger partial charge on any atom is -0.508 e. The Morgan fingerprint density at radius 2 is 1.53 bits per heavy atom. The Morgan fingerprint density at radius 3 is 2.19 bits per heavy atom. The molecule has 0 unspecified atom stereocenters. The molecule has 0 amide bonds.